The lowest BCUT2D eigenvalue weighted by Crippen LogP contribution is -2.42. The largest absolute Gasteiger partial charge is 0.483 e. The van der Waals surface area contributed by atoms with Crippen LogP contribution in [0, 0.1) is 0 Å². The van der Waals surface area contributed by atoms with Crippen molar-refractivity contribution in [2.75, 3.05) is 20.6 Å². The molecular formula is C19H28ClN3O4. The maximum Gasteiger partial charge on any atom is 0.290 e. The van der Waals surface area contributed by atoms with Gasteiger partial charge < -0.3 is 15.7 Å². The number of nitrogens with zero attached hydrogens (tertiary/aromatic N) is 1. The van der Waals surface area contributed by atoms with Crippen LogP contribution in [-0.2, 0) is 20.8 Å². The second-order valence-electron chi connectivity index (χ2n) is 6.47. The van der Waals surface area contributed by atoms with Crippen molar-refractivity contribution >= 4 is 29.9 Å². The number of likely N-dealkylation sites (N-methyl/N-ethyl adjacent to an activating group) is 1. The summed E-state index contributed by atoms with van der Waals surface area (Å²) < 4.78 is 0. The highest BCUT2D eigenvalue weighted by Crippen LogP contribution is 2.24. The van der Waals surface area contributed by atoms with Crippen LogP contribution in [0.25, 0.3) is 0 Å². The van der Waals surface area contributed by atoms with Crippen molar-refractivity contribution in [1.82, 2.24) is 15.5 Å². The second kappa shape index (κ2) is 12.3. The summed E-state index contributed by atoms with van der Waals surface area (Å²) in [5.41, 5.74) is 1.07. The Hall–Kier alpha value is -2.12. The third-order valence-corrected chi connectivity index (χ3v) is 4.98. The maximum atomic E-state index is 12.0. The third kappa shape index (κ3) is 8.41. The number of carbonyl (C=O) groups excluding carboxylic acids is 2. The summed E-state index contributed by atoms with van der Waals surface area (Å²) in [4.78, 5) is 34.1. The van der Waals surface area contributed by atoms with Crippen molar-refractivity contribution in [2.45, 2.75) is 44.2 Å². The molecule has 2 amide bonds. The van der Waals surface area contributed by atoms with E-state index in [4.69, 9.17) is 21.5 Å². The highest BCUT2D eigenvalue weighted by atomic mass is 35.5. The summed E-state index contributed by atoms with van der Waals surface area (Å²) in [5.74, 6) is 0.121. The van der Waals surface area contributed by atoms with E-state index in [0.29, 0.717) is 36.9 Å². The topological polar surface area (TPSA) is 98.7 Å². The molecule has 0 aliphatic carbocycles. The number of aryl methyl sites for hydroxylation is 1. The average Bonchev–Trinajstić information content (AvgIpc) is 2.98. The molecule has 1 aromatic rings. The molecule has 8 heteroatoms. The van der Waals surface area contributed by atoms with E-state index in [9.17, 15) is 9.59 Å². The zero-order chi connectivity index (χ0) is 20.2. The third-order valence-electron chi connectivity index (χ3n) is 4.75. The van der Waals surface area contributed by atoms with Gasteiger partial charge in [0.15, 0.2) is 0 Å². The quantitative estimate of drug-likeness (QED) is 0.608. The van der Waals surface area contributed by atoms with E-state index in [1.807, 2.05) is 31.3 Å². The molecule has 2 atom stereocenters. The van der Waals surface area contributed by atoms with Crippen LogP contribution in [0.1, 0.15) is 31.2 Å². The second-order valence-corrected chi connectivity index (χ2v) is 6.90. The maximum absolute atomic E-state index is 12.0. The molecule has 0 saturated carbocycles. The van der Waals surface area contributed by atoms with E-state index >= 15 is 0 Å². The van der Waals surface area contributed by atoms with Crippen molar-refractivity contribution in [3.63, 3.8) is 0 Å². The summed E-state index contributed by atoms with van der Waals surface area (Å²) in [5, 5.41) is 13.3. The minimum Gasteiger partial charge on any atom is -0.483 e. The standard InChI is InChI=1S/C18H26ClN3O2.CH2O2/c1-20-18(24)11-15-7-8-16(22(15)2)12-21-17(23)9-6-13-4-3-5-14(19)10-13;2-1-3/h3-5,10,15-16H,6-9,11-12H2,1-2H3,(H,20,24)(H,21,23);1H,(H,2,3)/t15-,16+;/m1./s1. The number of carboxylic acid groups (broad SMARTS) is 1. The van der Waals surface area contributed by atoms with E-state index in [2.05, 4.69) is 15.5 Å². The fraction of sp³-hybridized carbons (Fsp3) is 0.526. The fourth-order valence-electron chi connectivity index (χ4n) is 3.17. The number of carbonyl (C=O) groups is 3. The summed E-state index contributed by atoms with van der Waals surface area (Å²) in [6.07, 6.45) is 3.66. The van der Waals surface area contributed by atoms with Gasteiger partial charge in [0, 0.05) is 43.5 Å². The van der Waals surface area contributed by atoms with Gasteiger partial charge in [0.1, 0.15) is 0 Å². The van der Waals surface area contributed by atoms with Gasteiger partial charge >= 0.3 is 0 Å². The predicted octanol–water partition coefficient (Wildman–Crippen LogP) is 1.69. The highest BCUT2D eigenvalue weighted by molar-refractivity contribution is 6.30. The number of hydrogen-bond acceptors (Lipinski definition) is 4. The minimum atomic E-state index is -0.250. The fourth-order valence-corrected chi connectivity index (χ4v) is 3.38. The van der Waals surface area contributed by atoms with Crippen LogP contribution in [0.15, 0.2) is 24.3 Å². The van der Waals surface area contributed by atoms with Gasteiger partial charge in [-0.1, -0.05) is 23.7 Å². The number of halogens is 1. The Balaban J connectivity index is 0.00000114. The monoisotopic (exact) mass is 397 g/mol. The molecule has 7 nitrogen and oxygen atoms in total. The van der Waals surface area contributed by atoms with Gasteiger partial charge in [0.05, 0.1) is 0 Å². The molecular weight excluding hydrogens is 370 g/mol. The molecule has 1 aliphatic heterocycles. The molecule has 2 rings (SSSR count). The van der Waals surface area contributed by atoms with E-state index in [1.54, 1.807) is 7.05 Å². The number of benzene rings is 1. The first-order chi connectivity index (χ1) is 12.9. The molecule has 27 heavy (non-hydrogen) atoms. The first-order valence-electron chi connectivity index (χ1n) is 8.92. The molecule has 3 N–H and O–H groups in total. The molecule has 0 bridgehead atoms. The van der Waals surface area contributed by atoms with Gasteiger partial charge in [-0.2, -0.15) is 0 Å². The number of likely N-dealkylation sites (tertiary alicyclic amines) is 1. The van der Waals surface area contributed by atoms with Gasteiger partial charge in [-0.15, -0.1) is 0 Å². The van der Waals surface area contributed by atoms with Crippen LogP contribution < -0.4 is 10.6 Å². The van der Waals surface area contributed by atoms with E-state index in [0.717, 1.165) is 18.4 Å². The van der Waals surface area contributed by atoms with Crippen LogP contribution in [0.5, 0.6) is 0 Å². The van der Waals surface area contributed by atoms with E-state index in [1.165, 1.54) is 0 Å². The van der Waals surface area contributed by atoms with E-state index < -0.39 is 0 Å². The van der Waals surface area contributed by atoms with Crippen molar-refractivity contribution in [3.05, 3.63) is 34.9 Å². The number of nitrogens with one attached hydrogen (secondary N) is 2. The molecule has 0 radical (unpaired) electrons. The van der Waals surface area contributed by atoms with Crippen LogP contribution in [-0.4, -0.2) is 61.0 Å². The summed E-state index contributed by atoms with van der Waals surface area (Å²) in [7, 11) is 3.69. The Morgan fingerprint density at radius 2 is 1.96 bits per heavy atom. The first-order valence-corrected chi connectivity index (χ1v) is 9.30. The van der Waals surface area contributed by atoms with Gasteiger partial charge in [-0.25, -0.2) is 0 Å². The Morgan fingerprint density at radius 1 is 1.30 bits per heavy atom. The van der Waals surface area contributed by atoms with Crippen molar-refractivity contribution in [1.29, 1.82) is 0 Å². The van der Waals surface area contributed by atoms with Crippen LogP contribution in [0.4, 0.5) is 0 Å². The van der Waals surface area contributed by atoms with Crippen molar-refractivity contribution in [2.24, 2.45) is 0 Å². The Morgan fingerprint density at radius 3 is 2.59 bits per heavy atom. The Bertz CT molecular complexity index is 627. The van der Waals surface area contributed by atoms with Crippen LogP contribution in [0.2, 0.25) is 5.02 Å². The molecule has 1 aromatic carbocycles. The summed E-state index contributed by atoms with van der Waals surface area (Å²) in [6, 6.07) is 8.16. The van der Waals surface area contributed by atoms with Gasteiger partial charge in [0.25, 0.3) is 6.47 Å². The Kier molecular flexibility index (Phi) is 10.4. The smallest absolute Gasteiger partial charge is 0.290 e. The van der Waals surface area contributed by atoms with Crippen molar-refractivity contribution in [3.8, 4) is 0 Å². The lowest BCUT2D eigenvalue weighted by atomic mass is 10.1. The molecule has 0 spiro atoms. The SMILES string of the molecule is CNC(=O)C[C@H]1CC[C@@H](CNC(=O)CCc2cccc(Cl)c2)N1C.O=CO. The van der Waals surface area contributed by atoms with Crippen molar-refractivity contribution < 1.29 is 19.5 Å². The lowest BCUT2D eigenvalue weighted by Gasteiger charge is -2.25. The molecule has 0 unspecified atom stereocenters. The first kappa shape index (κ1) is 22.9. The number of amides is 2. The molecule has 1 aliphatic rings. The Labute approximate surface area is 165 Å². The zero-order valence-electron chi connectivity index (χ0n) is 15.8. The normalized spacial score (nSPS) is 18.9. The molecule has 1 heterocycles. The zero-order valence-corrected chi connectivity index (χ0v) is 16.5. The molecule has 150 valence electrons. The molecule has 0 aromatic heterocycles. The molecule has 1 saturated heterocycles. The minimum absolute atomic E-state index is 0.0538. The van der Waals surface area contributed by atoms with E-state index in [-0.39, 0.29) is 24.3 Å². The lowest BCUT2D eigenvalue weighted by molar-refractivity contribution is -0.123. The molecule has 1 fully saturated rings. The van der Waals surface area contributed by atoms with Crippen LogP contribution in [0.3, 0.4) is 0 Å². The van der Waals surface area contributed by atoms with Gasteiger partial charge in [-0.05, 0) is 44.0 Å². The van der Waals surface area contributed by atoms with Gasteiger partial charge in [-0.3, -0.25) is 19.3 Å². The number of hydrogen-bond donors (Lipinski definition) is 3. The average molecular weight is 398 g/mol. The summed E-state index contributed by atoms with van der Waals surface area (Å²) in [6.45, 7) is 0.384. The number of rotatable bonds is 7. The van der Waals surface area contributed by atoms with Crippen LogP contribution >= 0.6 is 11.6 Å². The predicted molar refractivity (Wildman–Crippen MR) is 105 cm³/mol. The highest BCUT2D eigenvalue weighted by Gasteiger charge is 2.31. The summed E-state index contributed by atoms with van der Waals surface area (Å²) >= 11 is 5.95. The van der Waals surface area contributed by atoms with Gasteiger partial charge in [0.2, 0.25) is 11.8 Å².